The number of nitrogen functional groups attached to an aromatic ring is 1. The third-order valence-corrected chi connectivity index (χ3v) is 3.62. The molecule has 0 atom stereocenters. The summed E-state index contributed by atoms with van der Waals surface area (Å²) in [7, 11) is 1.51. The zero-order valence-electron chi connectivity index (χ0n) is 10.1. The Labute approximate surface area is 124 Å². The van der Waals surface area contributed by atoms with Crippen LogP contribution in [0.1, 0.15) is 15.9 Å². The fourth-order valence-electron chi connectivity index (χ4n) is 1.70. The molecule has 2 rings (SSSR count). The molecular weight excluding hydrogens is 330 g/mol. The average molecular weight is 341 g/mol. The molecule has 0 bridgehead atoms. The Balaban J connectivity index is 2.49. The zero-order valence-corrected chi connectivity index (χ0v) is 12.5. The minimum atomic E-state index is -0.182. The molecule has 0 aliphatic rings. The van der Waals surface area contributed by atoms with Gasteiger partial charge in [0.1, 0.15) is 5.75 Å². The smallest absolute Gasteiger partial charge is 0.196 e. The number of halogens is 2. The fourth-order valence-corrected chi connectivity index (χ4v) is 2.12. The highest BCUT2D eigenvalue weighted by molar-refractivity contribution is 9.10. The van der Waals surface area contributed by atoms with E-state index in [4.69, 9.17) is 22.1 Å². The second-order valence-corrected chi connectivity index (χ2v) is 5.20. The summed E-state index contributed by atoms with van der Waals surface area (Å²) in [5.41, 5.74) is 7.19. The first-order valence-corrected chi connectivity index (χ1v) is 6.63. The van der Waals surface area contributed by atoms with Crippen LogP contribution in [0.2, 0.25) is 5.02 Å². The Morgan fingerprint density at radius 3 is 2.63 bits per heavy atom. The molecule has 98 valence electrons. The Morgan fingerprint density at radius 1 is 1.26 bits per heavy atom. The first kappa shape index (κ1) is 13.9. The SMILES string of the molecule is COc1ccc(Cl)cc1C(=O)c1ccc(Br)c(N)c1. The molecule has 3 nitrogen and oxygen atoms in total. The third-order valence-electron chi connectivity index (χ3n) is 2.66. The maximum Gasteiger partial charge on any atom is 0.196 e. The molecule has 5 heteroatoms. The van der Waals surface area contributed by atoms with Gasteiger partial charge in [-0.05, 0) is 52.3 Å². The van der Waals surface area contributed by atoms with E-state index in [1.54, 1.807) is 36.4 Å². The van der Waals surface area contributed by atoms with E-state index >= 15 is 0 Å². The summed E-state index contributed by atoms with van der Waals surface area (Å²) in [6.07, 6.45) is 0. The molecule has 2 aromatic carbocycles. The van der Waals surface area contributed by atoms with Gasteiger partial charge in [-0.25, -0.2) is 0 Å². The molecule has 0 aliphatic carbocycles. The maximum absolute atomic E-state index is 12.4. The lowest BCUT2D eigenvalue weighted by molar-refractivity contribution is 0.103. The van der Waals surface area contributed by atoms with Crippen LogP contribution in [0.15, 0.2) is 40.9 Å². The topological polar surface area (TPSA) is 52.3 Å². The molecule has 0 spiro atoms. The lowest BCUT2D eigenvalue weighted by Gasteiger charge is -2.09. The van der Waals surface area contributed by atoms with Crippen molar-refractivity contribution in [3.8, 4) is 5.75 Å². The quantitative estimate of drug-likeness (QED) is 0.680. The van der Waals surface area contributed by atoms with E-state index in [9.17, 15) is 4.79 Å². The van der Waals surface area contributed by atoms with E-state index < -0.39 is 0 Å². The Kier molecular flexibility index (Phi) is 4.12. The molecule has 2 N–H and O–H groups in total. The van der Waals surface area contributed by atoms with Crippen LogP contribution < -0.4 is 10.5 Å². The number of rotatable bonds is 3. The molecule has 0 aromatic heterocycles. The number of benzene rings is 2. The third kappa shape index (κ3) is 2.91. The monoisotopic (exact) mass is 339 g/mol. The summed E-state index contributed by atoms with van der Waals surface area (Å²) in [5.74, 6) is 0.300. The Hall–Kier alpha value is -1.52. The normalized spacial score (nSPS) is 10.3. The van der Waals surface area contributed by atoms with Crippen LogP contribution in [0.3, 0.4) is 0 Å². The van der Waals surface area contributed by atoms with Crippen molar-refractivity contribution < 1.29 is 9.53 Å². The maximum atomic E-state index is 12.4. The molecular formula is C14H11BrClNO2. The standard InChI is InChI=1S/C14H11BrClNO2/c1-19-13-5-3-9(16)7-10(13)14(18)8-2-4-11(15)12(17)6-8/h2-7H,17H2,1H3. The lowest BCUT2D eigenvalue weighted by atomic mass is 10.0. The van der Waals surface area contributed by atoms with Gasteiger partial charge in [-0.1, -0.05) is 11.6 Å². The predicted molar refractivity (Wildman–Crippen MR) is 80.0 cm³/mol. The highest BCUT2D eigenvalue weighted by Crippen LogP contribution is 2.27. The van der Waals surface area contributed by atoms with Gasteiger partial charge < -0.3 is 10.5 Å². The summed E-state index contributed by atoms with van der Waals surface area (Å²) in [6.45, 7) is 0. The van der Waals surface area contributed by atoms with Crippen LogP contribution in [-0.4, -0.2) is 12.9 Å². The van der Waals surface area contributed by atoms with Gasteiger partial charge in [0.25, 0.3) is 0 Å². The van der Waals surface area contributed by atoms with Gasteiger partial charge in [-0.3, -0.25) is 4.79 Å². The van der Waals surface area contributed by atoms with E-state index in [1.807, 2.05) is 0 Å². The van der Waals surface area contributed by atoms with Crippen LogP contribution in [0, 0.1) is 0 Å². The van der Waals surface area contributed by atoms with Crippen molar-refractivity contribution in [2.75, 3.05) is 12.8 Å². The Morgan fingerprint density at radius 2 is 2.00 bits per heavy atom. The van der Waals surface area contributed by atoms with Crippen LogP contribution in [0.25, 0.3) is 0 Å². The van der Waals surface area contributed by atoms with Gasteiger partial charge in [0.15, 0.2) is 5.78 Å². The van der Waals surface area contributed by atoms with Crippen LogP contribution in [0.4, 0.5) is 5.69 Å². The van der Waals surface area contributed by atoms with Crippen molar-refractivity contribution in [2.24, 2.45) is 0 Å². The average Bonchev–Trinajstić information content (AvgIpc) is 2.41. The number of ether oxygens (including phenoxy) is 1. The van der Waals surface area contributed by atoms with E-state index in [0.29, 0.717) is 27.6 Å². The lowest BCUT2D eigenvalue weighted by Crippen LogP contribution is -2.05. The van der Waals surface area contributed by atoms with E-state index in [1.165, 1.54) is 7.11 Å². The van der Waals surface area contributed by atoms with E-state index in [0.717, 1.165) is 4.47 Å². The molecule has 0 aliphatic heterocycles. The number of nitrogens with two attached hydrogens (primary N) is 1. The van der Waals surface area contributed by atoms with Gasteiger partial charge in [-0.2, -0.15) is 0 Å². The summed E-state index contributed by atoms with van der Waals surface area (Å²) >= 11 is 9.21. The van der Waals surface area contributed by atoms with Gasteiger partial charge in [0.2, 0.25) is 0 Å². The van der Waals surface area contributed by atoms with Gasteiger partial charge in [-0.15, -0.1) is 0 Å². The van der Waals surface area contributed by atoms with Crippen molar-refractivity contribution in [3.05, 3.63) is 57.0 Å². The summed E-state index contributed by atoms with van der Waals surface area (Å²) in [4.78, 5) is 12.4. The fraction of sp³-hybridized carbons (Fsp3) is 0.0714. The van der Waals surface area contributed by atoms with Crippen LogP contribution in [-0.2, 0) is 0 Å². The summed E-state index contributed by atoms with van der Waals surface area (Å²) in [6, 6.07) is 9.97. The van der Waals surface area contributed by atoms with Gasteiger partial charge >= 0.3 is 0 Å². The van der Waals surface area contributed by atoms with Crippen LogP contribution in [0.5, 0.6) is 5.75 Å². The van der Waals surface area contributed by atoms with Crippen LogP contribution >= 0.6 is 27.5 Å². The number of carbonyl (C=O) groups is 1. The number of anilines is 1. The highest BCUT2D eigenvalue weighted by Gasteiger charge is 2.15. The molecule has 0 unspecified atom stereocenters. The molecule has 19 heavy (non-hydrogen) atoms. The van der Waals surface area contributed by atoms with E-state index in [-0.39, 0.29) is 5.78 Å². The van der Waals surface area contributed by atoms with Crippen molar-refractivity contribution in [1.29, 1.82) is 0 Å². The minimum absolute atomic E-state index is 0.182. The summed E-state index contributed by atoms with van der Waals surface area (Å²) in [5, 5.41) is 0.481. The number of hydrogen-bond donors (Lipinski definition) is 1. The molecule has 0 fully saturated rings. The second-order valence-electron chi connectivity index (χ2n) is 3.91. The second kappa shape index (κ2) is 5.63. The van der Waals surface area contributed by atoms with E-state index in [2.05, 4.69) is 15.9 Å². The first-order valence-electron chi connectivity index (χ1n) is 5.46. The number of methoxy groups -OCH3 is 1. The molecule has 2 aromatic rings. The minimum Gasteiger partial charge on any atom is -0.496 e. The summed E-state index contributed by atoms with van der Waals surface area (Å²) < 4.78 is 5.93. The number of carbonyl (C=O) groups excluding carboxylic acids is 1. The van der Waals surface area contributed by atoms with Crippen molar-refractivity contribution >= 4 is 39.0 Å². The zero-order chi connectivity index (χ0) is 14.0. The Bertz CT molecular complexity index is 643. The number of ketones is 1. The van der Waals surface area contributed by atoms with Crippen molar-refractivity contribution in [3.63, 3.8) is 0 Å². The molecule has 0 heterocycles. The largest absolute Gasteiger partial charge is 0.496 e. The van der Waals surface area contributed by atoms with Crippen molar-refractivity contribution in [2.45, 2.75) is 0 Å². The van der Waals surface area contributed by atoms with Gasteiger partial charge in [0.05, 0.1) is 12.7 Å². The number of hydrogen-bond acceptors (Lipinski definition) is 3. The molecule has 0 amide bonds. The highest BCUT2D eigenvalue weighted by atomic mass is 79.9. The predicted octanol–water partition coefficient (Wildman–Crippen LogP) is 3.92. The van der Waals surface area contributed by atoms with Crippen molar-refractivity contribution in [1.82, 2.24) is 0 Å². The molecule has 0 saturated carbocycles. The molecule has 0 radical (unpaired) electrons. The molecule has 0 saturated heterocycles. The first-order chi connectivity index (χ1) is 9.02. The van der Waals surface area contributed by atoms with Gasteiger partial charge in [0, 0.05) is 20.7 Å².